The van der Waals surface area contributed by atoms with Gasteiger partial charge in [-0.1, -0.05) is 37.3 Å². The van der Waals surface area contributed by atoms with Crippen molar-refractivity contribution in [2.45, 2.75) is 12.8 Å². The van der Waals surface area contributed by atoms with Crippen LogP contribution in [0, 0.1) is 0 Å². The fraction of sp³-hybridized carbons (Fsp3) is 0.231. The van der Waals surface area contributed by atoms with Gasteiger partial charge >= 0.3 is 0 Å². The topological polar surface area (TPSA) is 46.2 Å². The number of hydrogen-bond acceptors (Lipinski definition) is 2. The highest BCUT2D eigenvalue weighted by Crippen LogP contribution is 2.30. The summed E-state index contributed by atoms with van der Waals surface area (Å²) >= 11 is 0. The van der Waals surface area contributed by atoms with Crippen molar-refractivity contribution in [2.75, 3.05) is 6.54 Å². The Labute approximate surface area is 89.3 Å². The largest absolute Gasteiger partial charge is 0.507 e. The lowest BCUT2D eigenvalue weighted by molar-refractivity contribution is 0.481. The minimum Gasteiger partial charge on any atom is -0.507 e. The highest BCUT2D eigenvalue weighted by molar-refractivity contribution is 5.91. The van der Waals surface area contributed by atoms with E-state index in [9.17, 15) is 5.11 Å². The van der Waals surface area contributed by atoms with Gasteiger partial charge < -0.3 is 10.8 Å². The summed E-state index contributed by atoms with van der Waals surface area (Å²) in [6, 6.07) is 11.6. The molecule has 0 fully saturated rings. The van der Waals surface area contributed by atoms with Crippen LogP contribution in [0.15, 0.2) is 36.4 Å². The Hall–Kier alpha value is -1.54. The number of fused-ring (bicyclic) bond motifs is 1. The minimum atomic E-state index is 0.315. The van der Waals surface area contributed by atoms with Gasteiger partial charge in [0, 0.05) is 5.39 Å². The second-order valence-corrected chi connectivity index (χ2v) is 3.86. The quantitative estimate of drug-likeness (QED) is 0.784. The van der Waals surface area contributed by atoms with Gasteiger partial charge in [-0.3, -0.25) is 0 Å². The van der Waals surface area contributed by atoms with Crippen LogP contribution in [0.4, 0.5) is 0 Å². The Kier molecular flexibility index (Phi) is 2.60. The molecule has 2 nitrogen and oxygen atoms in total. The maximum Gasteiger partial charge on any atom is 0.123 e. The third-order valence-corrected chi connectivity index (χ3v) is 2.82. The van der Waals surface area contributed by atoms with Crippen molar-refractivity contribution in [3.05, 3.63) is 42.0 Å². The first kappa shape index (κ1) is 9.99. The molecular weight excluding hydrogens is 186 g/mol. The monoisotopic (exact) mass is 201 g/mol. The molecule has 0 spiro atoms. The molecule has 0 bridgehead atoms. The Morgan fingerprint density at radius 1 is 1.13 bits per heavy atom. The van der Waals surface area contributed by atoms with E-state index in [0.29, 0.717) is 18.2 Å². The van der Waals surface area contributed by atoms with Gasteiger partial charge in [-0.2, -0.15) is 0 Å². The van der Waals surface area contributed by atoms with Gasteiger partial charge in [0.1, 0.15) is 5.75 Å². The summed E-state index contributed by atoms with van der Waals surface area (Å²) < 4.78 is 0. The van der Waals surface area contributed by atoms with Gasteiger partial charge in [0.2, 0.25) is 0 Å². The average Bonchev–Trinajstić information content (AvgIpc) is 2.28. The first-order valence-corrected chi connectivity index (χ1v) is 5.14. The van der Waals surface area contributed by atoms with E-state index in [1.807, 2.05) is 24.3 Å². The summed E-state index contributed by atoms with van der Waals surface area (Å²) in [5.74, 6) is 0.647. The van der Waals surface area contributed by atoms with Crippen LogP contribution in [0.1, 0.15) is 18.4 Å². The zero-order valence-corrected chi connectivity index (χ0v) is 8.77. The number of nitrogens with two attached hydrogens (primary N) is 1. The maximum atomic E-state index is 9.72. The zero-order chi connectivity index (χ0) is 10.8. The lowest BCUT2D eigenvalue weighted by atomic mass is 9.94. The smallest absolute Gasteiger partial charge is 0.123 e. The van der Waals surface area contributed by atoms with E-state index in [1.165, 1.54) is 5.56 Å². The lowest BCUT2D eigenvalue weighted by Crippen LogP contribution is -2.09. The Morgan fingerprint density at radius 3 is 2.53 bits per heavy atom. The van der Waals surface area contributed by atoms with Crippen molar-refractivity contribution in [3.63, 3.8) is 0 Å². The van der Waals surface area contributed by atoms with Crippen molar-refractivity contribution in [2.24, 2.45) is 5.73 Å². The van der Waals surface area contributed by atoms with Gasteiger partial charge in [0.15, 0.2) is 0 Å². The molecule has 0 aliphatic rings. The van der Waals surface area contributed by atoms with Crippen LogP contribution in [0.25, 0.3) is 10.8 Å². The summed E-state index contributed by atoms with van der Waals surface area (Å²) in [5, 5.41) is 11.7. The molecule has 0 aliphatic carbocycles. The molecule has 0 amide bonds. The fourth-order valence-corrected chi connectivity index (χ4v) is 1.87. The van der Waals surface area contributed by atoms with Crippen molar-refractivity contribution < 1.29 is 5.11 Å². The number of phenolic OH excluding ortho intramolecular Hbond substituents is 1. The number of hydrogen-bond donors (Lipinski definition) is 2. The SMILES string of the molecule is CC(CN)c1cccc2c(O)cccc12. The lowest BCUT2D eigenvalue weighted by Gasteiger charge is -2.12. The van der Waals surface area contributed by atoms with Gasteiger partial charge in [0.05, 0.1) is 0 Å². The molecule has 0 saturated carbocycles. The Bertz CT molecular complexity index is 479. The molecule has 15 heavy (non-hydrogen) atoms. The number of aromatic hydroxyl groups is 1. The molecule has 2 aromatic rings. The molecule has 2 aromatic carbocycles. The second kappa shape index (κ2) is 3.91. The van der Waals surface area contributed by atoms with E-state index in [2.05, 4.69) is 13.0 Å². The first-order valence-electron chi connectivity index (χ1n) is 5.14. The maximum absolute atomic E-state index is 9.72. The number of phenols is 1. The Balaban J connectivity index is 2.71. The van der Waals surface area contributed by atoms with Gasteiger partial charge in [-0.25, -0.2) is 0 Å². The molecule has 0 aliphatic heterocycles. The summed E-state index contributed by atoms with van der Waals surface area (Å²) in [6.07, 6.45) is 0. The predicted octanol–water partition coefficient (Wildman–Crippen LogP) is 2.61. The summed E-state index contributed by atoms with van der Waals surface area (Å²) in [5.41, 5.74) is 6.87. The highest BCUT2D eigenvalue weighted by atomic mass is 16.3. The normalized spacial score (nSPS) is 12.9. The zero-order valence-electron chi connectivity index (χ0n) is 8.77. The summed E-state index contributed by atoms with van der Waals surface area (Å²) in [7, 11) is 0. The van der Waals surface area contributed by atoms with Crippen molar-refractivity contribution in [1.82, 2.24) is 0 Å². The molecule has 0 saturated heterocycles. The Morgan fingerprint density at radius 2 is 1.80 bits per heavy atom. The van der Waals surface area contributed by atoms with Crippen LogP contribution in [0.5, 0.6) is 5.75 Å². The number of benzene rings is 2. The van der Waals surface area contributed by atoms with E-state index < -0.39 is 0 Å². The van der Waals surface area contributed by atoms with Crippen molar-refractivity contribution >= 4 is 10.8 Å². The first-order chi connectivity index (χ1) is 7.24. The third-order valence-electron chi connectivity index (χ3n) is 2.82. The van der Waals surface area contributed by atoms with E-state index in [1.54, 1.807) is 6.07 Å². The average molecular weight is 201 g/mol. The molecule has 2 heteroatoms. The summed E-state index contributed by atoms with van der Waals surface area (Å²) in [6.45, 7) is 2.72. The molecule has 1 atom stereocenters. The predicted molar refractivity (Wildman–Crippen MR) is 63.1 cm³/mol. The molecular formula is C13H15NO. The molecule has 1 unspecified atom stereocenters. The van der Waals surface area contributed by atoms with Crippen LogP contribution in [-0.2, 0) is 0 Å². The van der Waals surface area contributed by atoms with Gasteiger partial charge in [-0.15, -0.1) is 0 Å². The van der Waals surface area contributed by atoms with E-state index >= 15 is 0 Å². The van der Waals surface area contributed by atoms with Crippen LogP contribution < -0.4 is 5.73 Å². The molecule has 0 heterocycles. The van der Waals surface area contributed by atoms with Crippen LogP contribution in [0.2, 0.25) is 0 Å². The molecule has 2 rings (SSSR count). The van der Waals surface area contributed by atoms with E-state index in [0.717, 1.165) is 10.8 Å². The highest BCUT2D eigenvalue weighted by Gasteiger charge is 2.08. The fourth-order valence-electron chi connectivity index (χ4n) is 1.87. The van der Waals surface area contributed by atoms with E-state index in [4.69, 9.17) is 5.73 Å². The molecule has 3 N–H and O–H groups in total. The molecule has 78 valence electrons. The second-order valence-electron chi connectivity index (χ2n) is 3.86. The van der Waals surface area contributed by atoms with Crippen molar-refractivity contribution in [1.29, 1.82) is 0 Å². The van der Waals surface area contributed by atoms with Gasteiger partial charge in [0.25, 0.3) is 0 Å². The molecule has 0 radical (unpaired) electrons. The van der Waals surface area contributed by atoms with Crippen molar-refractivity contribution in [3.8, 4) is 5.75 Å². The number of rotatable bonds is 2. The minimum absolute atomic E-state index is 0.315. The summed E-state index contributed by atoms with van der Waals surface area (Å²) in [4.78, 5) is 0. The van der Waals surface area contributed by atoms with Crippen LogP contribution >= 0.6 is 0 Å². The van der Waals surface area contributed by atoms with Gasteiger partial charge in [-0.05, 0) is 29.5 Å². The standard InChI is InChI=1S/C13H15NO/c1-9(8-14)10-4-2-6-12-11(10)5-3-7-13(12)15/h2-7,9,15H,8,14H2,1H3. The molecule has 0 aromatic heterocycles. The van der Waals surface area contributed by atoms with Crippen LogP contribution in [-0.4, -0.2) is 11.7 Å². The third kappa shape index (κ3) is 1.68. The van der Waals surface area contributed by atoms with Crippen LogP contribution in [0.3, 0.4) is 0 Å². The van der Waals surface area contributed by atoms with E-state index in [-0.39, 0.29) is 0 Å².